The number of hydrogen-bond acceptors (Lipinski definition) is 1. The predicted molar refractivity (Wildman–Crippen MR) is 51.0 cm³/mol. The topological polar surface area (TPSA) is 37.3 Å². The Labute approximate surface area is 87.5 Å². The number of carboxylic acids is 1. The molecule has 0 heterocycles. The van der Waals surface area contributed by atoms with Crippen molar-refractivity contribution in [1.82, 2.24) is 0 Å². The van der Waals surface area contributed by atoms with Crippen molar-refractivity contribution in [2.45, 2.75) is 5.33 Å². The zero-order valence-corrected chi connectivity index (χ0v) is 8.69. The lowest BCUT2D eigenvalue weighted by Gasteiger charge is -2.02. The molecule has 2 nitrogen and oxygen atoms in total. The Hall–Kier alpha value is -0.610. The molecular weight excluding hydrogens is 262 g/mol. The zero-order valence-electron chi connectivity index (χ0n) is 6.35. The number of carbonyl (C=O) groups is 1. The number of alkyl halides is 1. The molecule has 13 heavy (non-hydrogen) atoms. The Morgan fingerprint density at radius 1 is 1.62 bits per heavy atom. The first-order valence-corrected chi connectivity index (χ1v) is 4.83. The SMILES string of the molecule is O=C(O)c1cc(CBr)cc(Cl)c1F. The molecule has 0 saturated carbocycles. The quantitative estimate of drug-likeness (QED) is 0.836. The second kappa shape index (κ2) is 4.07. The summed E-state index contributed by atoms with van der Waals surface area (Å²) in [6.45, 7) is 0. The number of carboxylic acid groups (broad SMARTS) is 1. The van der Waals surface area contributed by atoms with Crippen LogP contribution in [0.15, 0.2) is 12.1 Å². The molecule has 0 aliphatic carbocycles. The summed E-state index contributed by atoms with van der Waals surface area (Å²) in [5.41, 5.74) is 0.228. The fraction of sp³-hybridized carbons (Fsp3) is 0.125. The minimum absolute atomic E-state index is 0.172. The first-order chi connectivity index (χ1) is 6.06. The highest BCUT2D eigenvalue weighted by Crippen LogP contribution is 2.22. The van der Waals surface area contributed by atoms with E-state index in [-0.39, 0.29) is 5.02 Å². The van der Waals surface area contributed by atoms with Crippen LogP contribution in [0.3, 0.4) is 0 Å². The van der Waals surface area contributed by atoms with Gasteiger partial charge in [-0.25, -0.2) is 9.18 Å². The minimum atomic E-state index is -1.32. The van der Waals surface area contributed by atoms with Crippen LogP contribution in [0.5, 0.6) is 0 Å². The molecule has 0 aromatic heterocycles. The summed E-state index contributed by atoms with van der Waals surface area (Å²) in [5.74, 6) is -2.21. The van der Waals surface area contributed by atoms with Gasteiger partial charge in [-0.15, -0.1) is 0 Å². The van der Waals surface area contributed by atoms with Crippen molar-refractivity contribution >= 4 is 33.5 Å². The van der Waals surface area contributed by atoms with E-state index in [1.807, 2.05) is 0 Å². The van der Waals surface area contributed by atoms with Crippen LogP contribution in [0, 0.1) is 5.82 Å². The summed E-state index contributed by atoms with van der Waals surface area (Å²) in [5, 5.41) is 8.86. The number of benzene rings is 1. The molecule has 1 rings (SSSR count). The minimum Gasteiger partial charge on any atom is -0.478 e. The Bertz CT molecular complexity index is 354. The summed E-state index contributed by atoms with van der Waals surface area (Å²) in [6, 6.07) is 2.64. The summed E-state index contributed by atoms with van der Waals surface area (Å²) < 4.78 is 13.0. The highest BCUT2D eigenvalue weighted by atomic mass is 79.9. The number of hydrogen-bond donors (Lipinski definition) is 1. The van der Waals surface area contributed by atoms with Crippen molar-refractivity contribution < 1.29 is 14.3 Å². The van der Waals surface area contributed by atoms with E-state index in [2.05, 4.69) is 15.9 Å². The molecule has 70 valence electrons. The molecule has 0 saturated heterocycles. The highest BCUT2D eigenvalue weighted by Gasteiger charge is 2.14. The van der Waals surface area contributed by atoms with E-state index >= 15 is 0 Å². The lowest BCUT2D eigenvalue weighted by molar-refractivity contribution is 0.0692. The van der Waals surface area contributed by atoms with Crippen LogP contribution in [0.2, 0.25) is 5.02 Å². The molecule has 0 unspecified atom stereocenters. The van der Waals surface area contributed by atoms with E-state index in [1.54, 1.807) is 0 Å². The Morgan fingerprint density at radius 2 is 2.23 bits per heavy atom. The van der Waals surface area contributed by atoms with E-state index in [9.17, 15) is 9.18 Å². The molecular formula is C8H5BrClFO2. The standard InChI is InChI=1S/C8H5BrClFO2/c9-3-4-1-5(8(12)13)7(11)6(10)2-4/h1-2H,3H2,(H,12,13). The molecule has 1 aromatic rings. The normalized spacial score (nSPS) is 10.1. The molecule has 0 fully saturated rings. The van der Waals surface area contributed by atoms with Gasteiger partial charge < -0.3 is 5.11 Å². The van der Waals surface area contributed by atoms with Gasteiger partial charge in [-0.1, -0.05) is 27.5 Å². The number of rotatable bonds is 2. The van der Waals surface area contributed by atoms with Gasteiger partial charge in [-0.3, -0.25) is 0 Å². The van der Waals surface area contributed by atoms with Gasteiger partial charge >= 0.3 is 5.97 Å². The second-order valence-corrected chi connectivity index (χ2v) is 3.35. The lowest BCUT2D eigenvalue weighted by Crippen LogP contribution is -2.02. The van der Waals surface area contributed by atoms with Gasteiger partial charge in [0.2, 0.25) is 0 Å². The lowest BCUT2D eigenvalue weighted by atomic mass is 10.1. The van der Waals surface area contributed by atoms with Crippen LogP contribution in [-0.4, -0.2) is 11.1 Å². The summed E-state index contributed by atoms with van der Waals surface area (Å²) in [7, 11) is 0. The number of halogens is 3. The monoisotopic (exact) mass is 266 g/mol. The first-order valence-electron chi connectivity index (χ1n) is 3.33. The molecule has 1 aromatic carbocycles. The molecule has 0 atom stereocenters. The van der Waals surface area contributed by atoms with Gasteiger partial charge in [0.05, 0.1) is 10.6 Å². The van der Waals surface area contributed by atoms with Crippen LogP contribution in [0.4, 0.5) is 4.39 Å². The van der Waals surface area contributed by atoms with Crippen molar-refractivity contribution in [2.75, 3.05) is 0 Å². The maximum atomic E-state index is 13.0. The van der Waals surface area contributed by atoms with E-state index in [0.29, 0.717) is 10.9 Å². The van der Waals surface area contributed by atoms with Crippen molar-refractivity contribution in [3.8, 4) is 0 Å². The number of aromatic carboxylic acids is 1. The molecule has 1 N–H and O–H groups in total. The average Bonchev–Trinajstić information content (AvgIpc) is 2.09. The average molecular weight is 267 g/mol. The van der Waals surface area contributed by atoms with Crippen LogP contribution in [0.1, 0.15) is 15.9 Å². The van der Waals surface area contributed by atoms with E-state index < -0.39 is 17.3 Å². The van der Waals surface area contributed by atoms with Gasteiger partial charge in [0.25, 0.3) is 0 Å². The summed E-state index contributed by atoms with van der Waals surface area (Å²) in [6.07, 6.45) is 0. The van der Waals surface area contributed by atoms with Crippen LogP contribution in [0.25, 0.3) is 0 Å². The van der Waals surface area contributed by atoms with E-state index in [4.69, 9.17) is 16.7 Å². The molecule has 0 radical (unpaired) electrons. The predicted octanol–water partition coefficient (Wildman–Crippen LogP) is 3.07. The maximum Gasteiger partial charge on any atom is 0.338 e. The van der Waals surface area contributed by atoms with Gasteiger partial charge in [0.1, 0.15) is 0 Å². The zero-order chi connectivity index (χ0) is 10.0. The Balaban J connectivity index is 3.33. The summed E-state index contributed by atoms with van der Waals surface area (Å²) >= 11 is 8.61. The largest absolute Gasteiger partial charge is 0.478 e. The Morgan fingerprint density at radius 3 is 2.69 bits per heavy atom. The molecule has 0 aliphatic rings. The molecule has 0 bridgehead atoms. The third-order valence-corrected chi connectivity index (χ3v) is 2.40. The van der Waals surface area contributed by atoms with Crippen molar-refractivity contribution in [1.29, 1.82) is 0 Å². The summed E-state index contributed by atoms with van der Waals surface area (Å²) in [4.78, 5) is 10.5. The van der Waals surface area contributed by atoms with E-state index in [0.717, 1.165) is 0 Å². The van der Waals surface area contributed by atoms with Crippen molar-refractivity contribution in [3.63, 3.8) is 0 Å². The second-order valence-electron chi connectivity index (χ2n) is 2.38. The third kappa shape index (κ3) is 2.19. The fourth-order valence-electron chi connectivity index (χ4n) is 0.878. The molecule has 5 heteroatoms. The van der Waals surface area contributed by atoms with Crippen molar-refractivity contribution in [3.05, 3.63) is 34.1 Å². The third-order valence-electron chi connectivity index (χ3n) is 1.47. The van der Waals surface area contributed by atoms with Gasteiger partial charge in [0.15, 0.2) is 5.82 Å². The molecule has 0 spiro atoms. The maximum absolute atomic E-state index is 13.0. The van der Waals surface area contributed by atoms with Gasteiger partial charge in [0, 0.05) is 5.33 Å². The smallest absolute Gasteiger partial charge is 0.338 e. The first kappa shape index (κ1) is 10.5. The molecule has 0 amide bonds. The van der Waals surface area contributed by atoms with Gasteiger partial charge in [-0.05, 0) is 17.7 Å². The Kier molecular flexibility index (Phi) is 3.27. The highest BCUT2D eigenvalue weighted by molar-refractivity contribution is 9.08. The van der Waals surface area contributed by atoms with Crippen LogP contribution < -0.4 is 0 Å². The van der Waals surface area contributed by atoms with Crippen LogP contribution >= 0.6 is 27.5 Å². The molecule has 0 aliphatic heterocycles. The van der Waals surface area contributed by atoms with Crippen molar-refractivity contribution in [2.24, 2.45) is 0 Å². The van der Waals surface area contributed by atoms with Crippen LogP contribution in [-0.2, 0) is 5.33 Å². The van der Waals surface area contributed by atoms with Gasteiger partial charge in [-0.2, -0.15) is 0 Å². The van der Waals surface area contributed by atoms with E-state index in [1.165, 1.54) is 12.1 Å². The fourth-order valence-corrected chi connectivity index (χ4v) is 1.44.